The second-order valence-corrected chi connectivity index (χ2v) is 5.33. The molecule has 1 heterocycles. The van der Waals surface area contributed by atoms with E-state index in [0.29, 0.717) is 0 Å². The quantitative estimate of drug-likeness (QED) is 0.844. The molecule has 0 saturated carbocycles. The Labute approximate surface area is 116 Å². The fraction of sp³-hybridized carbons (Fsp3) is 0.471. The Morgan fingerprint density at radius 3 is 2.53 bits per heavy atom. The average molecular weight is 256 g/mol. The van der Waals surface area contributed by atoms with Crippen LogP contribution in [-0.4, -0.2) is 11.5 Å². The topological polar surface area (TPSA) is 24.9 Å². The molecule has 0 amide bonds. The summed E-state index contributed by atoms with van der Waals surface area (Å²) in [6.45, 7) is 9.68. The van der Waals surface area contributed by atoms with Crippen LogP contribution in [0.2, 0.25) is 0 Å². The number of hydrogen-bond donors (Lipinski definition) is 1. The van der Waals surface area contributed by atoms with Crippen molar-refractivity contribution in [2.24, 2.45) is 0 Å². The lowest BCUT2D eigenvalue weighted by atomic mass is 10.0. The van der Waals surface area contributed by atoms with Gasteiger partial charge in [0.25, 0.3) is 0 Å². The van der Waals surface area contributed by atoms with E-state index in [1.807, 2.05) is 0 Å². The van der Waals surface area contributed by atoms with E-state index in [4.69, 9.17) is 4.98 Å². The molecule has 0 spiro atoms. The number of anilines is 1. The predicted octanol–water partition coefficient (Wildman–Crippen LogP) is 4.63. The summed E-state index contributed by atoms with van der Waals surface area (Å²) in [4.78, 5) is 4.86. The van der Waals surface area contributed by atoms with Gasteiger partial charge in [-0.05, 0) is 49.9 Å². The van der Waals surface area contributed by atoms with Gasteiger partial charge in [0.15, 0.2) is 0 Å². The number of aromatic nitrogens is 1. The molecule has 1 aromatic carbocycles. The van der Waals surface area contributed by atoms with Gasteiger partial charge in [-0.25, -0.2) is 4.98 Å². The summed E-state index contributed by atoms with van der Waals surface area (Å²) >= 11 is 0. The van der Waals surface area contributed by atoms with Gasteiger partial charge in [0.05, 0.1) is 5.52 Å². The van der Waals surface area contributed by atoms with E-state index in [9.17, 15) is 0 Å². The molecule has 2 nitrogen and oxygen atoms in total. The molecule has 1 N–H and O–H groups in total. The normalized spacial score (nSPS) is 10.9. The van der Waals surface area contributed by atoms with E-state index < -0.39 is 0 Å². The number of hydrogen-bond acceptors (Lipinski definition) is 2. The van der Waals surface area contributed by atoms with Crippen LogP contribution in [0.25, 0.3) is 10.9 Å². The van der Waals surface area contributed by atoms with Gasteiger partial charge in [0.2, 0.25) is 0 Å². The number of pyridine rings is 1. The third-order valence-corrected chi connectivity index (χ3v) is 3.39. The van der Waals surface area contributed by atoms with Crippen LogP contribution in [0.5, 0.6) is 0 Å². The number of rotatable bonds is 5. The van der Waals surface area contributed by atoms with Crippen molar-refractivity contribution in [2.75, 3.05) is 11.9 Å². The molecule has 0 saturated heterocycles. The van der Waals surface area contributed by atoms with Crippen molar-refractivity contribution < 1.29 is 0 Å². The lowest BCUT2D eigenvalue weighted by molar-refractivity contribution is 0.906. The highest BCUT2D eigenvalue weighted by Crippen LogP contribution is 2.25. The van der Waals surface area contributed by atoms with Crippen molar-refractivity contribution in [3.8, 4) is 0 Å². The van der Waals surface area contributed by atoms with Crippen LogP contribution < -0.4 is 5.32 Å². The molecule has 0 radical (unpaired) electrons. The monoisotopic (exact) mass is 256 g/mol. The zero-order valence-electron chi connectivity index (χ0n) is 12.5. The lowest BCUT2D eigenvalue weighted by Crippen LogP contribution is -2.06. The zero-order chi connectivity index (χ0) is 13.8. The Morgan fingerprint density at radius 1 is 1.05 bits per heavy atom. The first-order valence-corrected chi connectivity index (χ1v) is 7.30. The molecular formula is C17H24N2. The Balaban J connectivity index is 2.55. The fourth-order valence-electron chi connectivity index (χ4n) is 2.55. The summed E-state index contributed by atoms with van der Waals surface area (Å²) in [6.07, 6.45) is 3.36. The minimum Gasteiger partial charge on any atom is -0.370 e. The van der Waals surface area contributed by atoms with Crippen LogP contribution in [0.15, 0.2) is 18.2 Å². The maximum absolute atomic E-state index is 4.86. The van der Waals surface area contributed by atoms with Crippen LogP contribution >= 0.6 is 0 Å². The Kier molecular flexibility index (Phi) is 4.41. The molecule has 1 aromatic heterocycles. The van der Waals surface area contributed by atoms with Crippen LogP contribution in [0, 0.1) is 13.8 Å². The van der Waals surface area contributed by atoms with Gasteiger partial charge >= 0.3 is 0 Å². The van der Waals surface area contributed by atoms with Crippen molar-refractivity contribution in [1.29, 1.82) is 0 Å². The van der Waals surface area contributed by atoms with Crippen molar-refractivity contribution in [2.45, 2.75) is 47.0 Å². The molecule has 0 fully saturated rings. The van der Waals surface area contributed by atoms with Gasteiger partial charge in [-0.3, -0.25) is 0 Å². The molecule has 0 bridgehead atoms. The first kappa shape index (κ1) is 13.9. The fourth-order valence-corrected chi connectivity index (χ4v) is 2.55. The first-order valence-electron chi connectivity index (χ1n) is 7.30. The first-order chi connectivity index (χ1) is 9.15. The molecule has 2 heteroatoms. The van der Waals surface area contributed by atoms with Gasteiger partial charge in [0.1, 0.15) is 5.82 Å². The number of nitrogens with one attached hydrogen (secondary N) is 1. The standard InChI is InChI=1S/C17H24N2/c1-5-7-14-11-15-10-12(3)9-13(4)16(15)19-17(14)18-8-6-2/h9-11H,5-8H2,1-4H3,(H,18,19). The van der Waals surface area contributed by atoms with Gasteiger partial charge < -0.3 is 5.32 Å². The van der Waals surface area contributed by atoms with Gasteiger partial charge in [-0.15, -0.1) is 0 Å². The van der Waals surface area contributed by atoms with Crippen molar-refractivity contribution in [1.82, 2.24) is 4.98 Å². The number of benzene rings is 1. The molecule has 0 atom stereocenters. The Hall–Kier alpha value is -1.57. The van der Waals surface area contributed by atoms with E-state index in [2.05, 4.69) is 51.2 Å². The molecule has 19 heavy (non-hydrogen) atoms. The summed E-state index contributed by atoms with van der Waals surface area (Å²) in [7, 11) is 0. The summed E-state index contributed by atoms with van der Waals surface area (Å²) in [5.74, 6) is 1.07. The van der Waals surface area contributed by atoms with Crippen molar-refractivity contribution in [3.05, 3.63) is 34.9 Å². The summed E-state index contributed by atoms with van der Waals surface area (Å²) in [6, 6.07) is 6.75. The second-order valence-electron chi connectivity index (χ2n) is 5.33. The lowest BCUT2D eigenvalue weighted by Gasteiger charge is -2.13. The largest absolute Gasteiger partial charge is 0.370 e. The molecule has 2 aromatic rings. The minimum atomic E-state index is 0.986. The zero-order valence-corrected chi connectivity index (χ0v) is 12.5. The molecule has 0 unspecified atom stereocenters. The SMILES string of the molecule is CCCNc1nc2c(C)cc(C)cc2cc1CCC. The predicted molar refractivity (Wildman–Crippen MR) is 84.0 cm³/mol. The highest BCUT2D eigenvalue weighted by Gasteiger charge is 2.08. The van der Waals surface area contributed by atoms with Crippen LogP contribution in [0.1, 0.15) is 43.4 Å². The highest BCUT2D eigenvalue weighted by atomic mass is 15.0. The van der Waals surface area contributed by atoms with Crippen molar-refractivity contribution >= 4 is 16.7 Å². The third kappa shape index (κ3) is 3.06. The number of nitrogens with zero attached hydrogens (tertiary/aromatic N) is 1. The average Bonchev–Trinajstić information content (AvgIpc) is 2.37. The molecular weight excluding hydrogens is 232 g/mol. The van der Waals surface area contributed by atoms with E-state index in [1.54, 1.807) is 0 Å². The molecule has 2 rings (SSSR count). The van der Waals surface area contributed by atoms with Crippen LogP contribution in [-0.2, 0) is 6.42 Å². The minimum absolute atomic E-state index is 0.986. The molecule has 0 aliphatic carbocycles. The summed E-state index contributed by atoms with van der Waals surface area (Å²) in [5, 5.41) is 4.74. The summed E-state index contributed by atoms with van der Waals surface area (Å²) < 4.78 is 0. The maximum atomic E-state index is 4.86. The van der Waals surface area contributed by atoms with Gasteiger partial charge in [0, 0.05) is 11.9 Å². The summed E-state index contributed by atoms with van der Waals surface area (Å²) in [5.41, 5.74) is 5.04. The molecule has 102 valence electrons. The van der Waals surface area contributed by atoms with Crippen molar-refractivity contribution in [3.63, 3.8) is 0 Å². The van der Waals surface area contributed by atoms with Crippen LogP contribution in [0.4, 0.5) is 5.82 Å². The van der Waals surface area contributed by atoms with E-state index in [-0.39, 0.29) is 0 Å². The van der Waals surface area contributed by atoms with Gasteiger partial charge in [-0.2, -0.15) is 0 Å². The molecule has 0 aliphatic rings. The smallest absolute Gasteiger partial charge is 0.129 e. The Bertz CT molecular complexity index is 573. The number of fused-ring (bicyclic) bond motifs is 1. The maximum Gasteiger partial charge on any atom is 0.129 e. The third-order valence-electron chi connectivity index (χ3n) is 3.39. The number of aryl methyl sites for hydroxylation is 3. The van der Waals surface area contributed by atoms with Crippen LogP contribution in [0.3, 0.4) is 0 Å². The second kappa shape index (κ2) is 6.05. The van der Waals surface area contributed by atoms with Gasteiger partial charge in [-0.1, -0.05) is 31.9 Å². The van der Waals surface area contributed by atoms with E-state index in [1.165, 1.54) is 22.1 Å². The van der Waals surface area contributed by atoms with E-state index in [0.717, 1.165) is 37.1 Å². The highest BCUT2D eigenvalue weighted by molar-refractivity contribution is 5.85. The van der Waals surface area contributed by atoms with E-state index >= 15 is 0 Å². The molecule has 0 aliphatic heterocycles. The Morgan fingerprint density at radius 2 is 1.84 bits per heavy atom.